The second-order valence-electron chi connectivity index (χ2n) is 2.92. The van der Waals surface area contributed by atoms with E-state index >= 15 is 0 Å². The van der Waals surface area contributed by atoms with E-state index in [0.717, 1.165) is 10.5 Å². The summed E-state index contributed by atoms with van der Waals surface area (Å²) < 4.78 is 0. The third kappa shape index (κ3) is 2.53. The molecule has 1 rings (SSSR count). The lowest BCUT2D eigenvalue weighted by atomic mass is 10.0. The van der Waals surface area contributed by atoms with E-state index in [4.69, 9.17) is 11.6 Å². The van der Waals surface area contributed by atoms with Gasteiger partial charge >= 0.3 is 0 Å². The number of rotatable bonds is 3. The summed E-state index contributed by atoms with van der Waals surface area (Å²) >= 11 is 13.3. The Hall–Kier alpha value is 0.01000. The first-order chi connectivity index (χ1) is 6.57. The molecule has 0 saturated heterocycles. The lowest BCUT2D eigenvalue weighted by Gasteiger charge is -2.09. The Morgan fingerprint density at radius 3 is 2.79 bits per heavy atom. The fourth-order valence-electron chi connectivity index (χ4n) is 1.16. The predicted octanol–water partition coefficient (Wildman–Crippen LogP) is 3.68. The molecule has 14 heavy (non-hydrogen) atoms. The van der Waals surface area contributed by atoms with E-state index < -0.39 is 0 Å². The number of Topliss-reactive ketones (excluding diaryl/α,β-unsaturated/α-hetero) is 1. The molecule has 0 amide bonds. The minimum absolute atomic E-state index is 0.0385. The zero-order chi connectivity index (χ0) is 10.7. The molecule has 0 bridgehead atoms. The second-order valence-corrected chi connectivity index (χ2v) is 5.04. The molecule has 1 atom stereocenters. The topological polar surface area (TPSA) is 17.1 Å². The minimum atomic E-state index is -0.195. The number of benzene rings is 1. The van der Waals surface area contributed by atoms with Gasteiger partial charge in [-0.3, -0.25) is 4.79 Å². The molecule has 1 aromatic carbocycles. The molecule has 0 spiro atoms. The predicted molar refractivity (Wildman–Crippen MR) is 66.0 cm³/mol. The first kappa shape index (κ1) is 12.1. The Balaban J connectivity index is 3.20. The summed E-state index contributed by atoms with van der Waals surface area (Å²) in [7, 11) is 0. The van der Waals surface area contributed by atoms with Gasteiger partial charge in [0.15, 0.2) is 5.78 Å². The Morgan fingerprint density at radius 1 is 1.64 bits per heavy atom. The van der Waals surface area contributed by atoms with E-state index in [9.17, 15) is 4.79 Å². The number of hydrogen-bond donors (Lipinski definition) is 1. The third-order valence-corrected chi connectivity index (χ3v) is 3.01. The molecule has 4 heteroatoms. The largest absolute Gasteiger partial charge is 0.293 e. The summed E-state index contributed by atoms with van der Waals surface area (Å²) in [6.45, 7) is 1.80. The van der Waals surface area contributed by atoms with E-state index in [2.05, 4.69) is 28.6 Å². The maximum atomic E-state index is 11.7. The first-order valence-corrected chi connectivity index (χ1v) is 6.02. The van der Waals surface area contributed by atoms with Crippen molar-refractivity contribution in [1.29, 1.82) is 0 Å². The van der Waals surface area contributed by atoms with Crippen LogP contribution in [0.15, 0.2) is 23.1 Å². The monoisotopic (exact) mass is 292 g/mol. The molecule has 1 unspecified atom stereocenters. The molecular weight excluding hydrogens is 284 g/mol. The van der Waals surface area contributed by atoms with Gasteiger partial charge in [-0.05, 0) is 18.6 Å². The van der Waals surface area contributed by atoms with Crippen LogP contribution < -0.4 is 0 Å². The van der Waals surface area contributed by atoms with Crippen molar-refractivity contribution in [2.24, 2.45) is 0 Å². The van der Waals surface area contributed by atoms with E-state index in [0.29, 0.717) is 11.4 Å². The van der Waals surface area contributed by atoms with Gasteiger partial charge in [-0.2, -0.15) is 0 Å². The van der Waals surface area contributed by atoms with Crippen LogP contribution in [0.2, 0.25) is 0 Å². The summed E-state index contributed by atoms with van der Waals surface area (Å²) in [5.41, 5.74) is 1.45. The molecule has 0 heterocycles. The Labute approximate surface area is 102 Å². The number of hydrogen-bond acceptors (Lipinski definition) is 2. The van der Waals surface area contributed by atoms with Gasteiger partial charge < -0.3 is 0 Å². The molecule has 0 radical (unpaired) electrons. The van der Waals surface area contributed by atoms with Crippen LogP contribution >= 0.6 is 40.2 Å². The summed E-state index contributed by atoms with van der Waals surface area (Å²) in [6.07, 6.45) is 0. The molecule has 0 N–H and O–H groups in total. The minimum Gasteiger partial charge on any atom is -0.293 e. The number of ketones is 1. The van der Waals surface area contributed by atoms with Crippen molar-refractivity contribution >= 4 is 45.9 Å². The van der Waals surface area contributed by atoms with Crippen LogP contribution in [0.4, 0.5) is 0 Å². The van der Waals surface area contributed by atoms with Crippen LogP contribution in [0.5, 0.6) is 0 Å². The fourth-order valence-corrected chi connectivity index (χ4v) is 2.07. The Morgan fingerprint density at radius 2 is 2.29 bits per heavy atom. The standard InChI is InChI=1S/C10H10BrClOS/c1-6(11)10(13)7-3-2-4-9(14)8(7)5-12/h2-4,6,14H,5H2,1H3. The van der Waals surface area contributed by atoms with E-state index in [1.807, 2.05) is 6.07 Å². The highest BCUT2D eigenvalue weighted by Gasteiger charge is 2.16. The van der Waals surface area contributed by atoms with Crippen molar-refractivity contribution in [3.63, 3.8) is 0 Å². The van der Waals surface area contributed by atoms with Gasteiger partial charge in [0, 0.05) is 16.3 Å². The van der Waals surface area contributed by atoms with Gasteiger partial charge in [0.05, 0.1) is 4.83 Å². The molecule has 0 aliphatic rings. The molecule has 1 nitrogen and oxygen atoms in total. The van der Waals surface area contributed by atoms with Crippen molar-refractivity contribution in [2.75, 3.05) is 0 Å². The van der Waals surface area contributed by atoms with E-state index in [-0.39, 0.29) is 10.6 Å². The molecule has 0 fully saturated rings. The Bertz CT molecular complexity index is 352. The molecule has 0 aromatic heterocycles. The lowest BCUT2D eigenvalue weighted by molar-refractivity contribution is 0.0995. The van der Waals surface area contributed by atoms with Crippen LogP contribution in [0, 0.1) is 0 Å². The number of halogens is 2. The molecule has 76 valence electrons. The van der Waals surface area contributed by atoms with Gasteiger partial charge in [-0.15, -0.1) is 24.2 Å². The van der Waals surface area contributed by atoms with Crippen molar-refractivity contribution in [3.05, 3.63) is 29.3 Å². The van der Waals surface area contributed by atoms with Gasteiger partial charge in [0.25, 0.3) is 0 Å². The average Bonchev–Trinajstić information content (AvgIpc) is 2.16. The van der Waals surface area contributed by atoms with Gasteiger partial charge in [0.2, 0.25) is 0 Å². The number of carbonyl (C=O) groups excluding carboxylic acids is 1. The van der Waals surface area contributed by atoms with Crippen LogP contribution in [-0.4, -0.2) is 10.6 Å². The van der Waals surface area contributed by atoms with Crippen molar-refractivity contribution in [3.8, 4) is 0 Å². The highest BCUT2D eigenvalue weighted by Crippen LogP contribution is 2.23. The van der Waals surface area contributed by atoms with E-state index in [1.54, 1.807) is 19.1 Å². The van der Waals surface area contributed by atoms with Crippen LogP contribution in [0.3, 0.4) is 0 Å². The third-order valence-electron chi connectivity index (χ3n) is 1.91. The van der Waals surface area contributed by atoms with Crippen molar-refractivity contribution < 1.29 is 4.79 Å². The fraction of sp³-hybridized carbons (Fsp3) is 0.300. The van der Waals surface area contributed by atoms with E-state index in [1.165, 1.54) is 0 Å². The average molecular weight is 294 g/mol. The number of alkyl halides is 2. The first-order valence-electron chi connectivity index (χ1n) is 4.13. The quantitative estimate of drug-likeness (QED) is 0.511. The highest BCUT2D eigenvalue weighted by molar-refractivity contribution is 9.10. The van der Waals surface area contributed by atoms with Crippen LogP contribution in [-0.2, 0) is 5.88 Å². The smallest absolute Gasteiger partial charge is 0.176 e. The molecule has 0 aliphatic carbocycles. The normalized spacial score (nSPS) is 12.6. The van der Waals surface area contributed by atoms with Crippen LogP contribution in [0.25, 0.3) is 0 Å². The summed E-state index contributed by atoms with van der Waals surface area (Å²) in [6, 6.07) is 5.41. The summed E-state index contributed by atoms with van der Waals surface area (Å²) in [5.74, 6) is 0.344. The zero-order valence-electron chi connectivity index (χ0n) is 7.63. The number of thiol groups is 1. The summed E-state index contributed by atoms with van der Waals surface area (Å²) in [5, 5.41) is 0. The van der Waals surface area contributed by atoms with Crippen molar-refractivity contribution in [1.82, 2.24) is 0 Å². The summed E-state index contributed by atoms with van der Waals surface area (Å²) in [4.78, 5) is 12.3. The molecule has 1 aromatic rings. The van der Waals surface area contributed by atoms with Crippen molar-refractivity contribution in [2.45, 2.75) is 22.5 Å². The molecule has 0 saturated carbocycles. The maximum absolute atomic E-state index is 11.7. The van der Waals surface area contributed by atoms with Crippen LogP contribution in [0.1, 0.15) is 22.8 Å². The Kier molecular flexibility index (Phi) is 4.48. The molecular formula is C10H10BrClOS. The lowest BCUT2D eigenvalue weighted by Crippen LogP contribution is -2.12. The second kappa shape index (κ2) is 5.19. The molecule has 0 aliphatic heterocycles. The van der Waals surface area contributed by atoms with Gasteiger partial charge in [0.1, 0.15) is 0 Å². The van der Waals surface area contributed by atoms with Gasteiger partial charge in [-0.25, -0.2) is 0 Å². The zero-order valence-corrected chi connectivity index (χ0v) is 10.9. The highest BCUT2D eigenvalue weighted by atomic mass is 79.9. The van der Waals surface area contributed by atoms with Gasteiger partial charge in [-0.1, -0.05) is 28.1 Å². The number of carbonyl (C=O) groups is 1. The maximum Gasteiger partial charge on any atom is 0.176 e. The SMILES string of the molecule is CC(Br)C(=O)c1cccc(S)c1CCl.